The van der Waals surface area contributed by atoms with Gasteiger partial charge in [0, 0.05) is 26.3 Å². The third-order valence-corrected chi connectivity index (χ3v) is 3.84. The van der Waals surface area contributed by atoms with Crippen molar-refractivity contribution < 1.29 is 4.79 Å². The zero-order valence-electron chi connectivity index (χ0n) is 15.9. The molecular formula is C23H30BrNO. The van der Waals surface area contributed by atoms with Gasteiger partial charge >= 0.3 is 0 Å². The van der Waals surface area contributed by atoms with Crippen molar-refractivity contribution in [3.63, 3.8) is 0 Å². The Hall–Kier alpha value is -1.89. The molecule has 0 aromatic rings. The van der Waals surface area contributed by atoms with Gasteiger partial charge in [0.1, 0.15) is 0 Å². The minimum Gasteiger partial charge on any atom is -0.359 e. The minimum atomic E-state index is 0.138. The van der Waals surface area contributed by atoms with E-state index in [-0.39, 0.29) is 5.91 Å². The van der Waals surface area contributed by atoms with Gasteiger partial charge in [0.15, 0.2) is 0 Å². The number of amides is 1. The normalized spacial score (nSPS) is 9.77. The highest BCUT2D eigenvalue weighted by molar-refractivity contribution is 9.11. The lowest BCUT2D eigenvalue weighted by atomic mass is 10.1. The summed E-state index contributed by atoms with van der Waals surface area (Å²) < 4.78 is 0. The van der Waals surface area contributed by atoms with Crippen molar-refractivity contribution in [3.8, 4) is 35.5 Å². The molecular weight excluding hydrogens is 386 g/mol. The number of allylic oxidation sites excluding steroid dienone is 3. The molecule has 140 valence electrons. The van der Waals surface area contributed by atoms with Crippen LogP contribution in [0.2, 0.25) is 0 Å². The molecule has 1 N–H and O–H groups in total. The summed E-state index contributed by atoms with van der Waals surface area (Å²) in [6, 6.07) is 0. The average Bonchev–Trinajstić information content (AvgIpc) is 2.66. The first-order chi connectivity index (χ1) is 12.8. The van der Waals surface area contributed by atoms with Crippen LogP contribution in [0.15, 0.2) is 23.2 Å². The number of carbonyl (C=O) groups excluding carboxylic acids is 1. The maximum Gasteiger partial charge on any atom is 0.219 e. The predicted octanol–water partition coefficient (Wildman–Crippen LogP) is 5.50. The summed E-state index contributed by atoms with van der Waals surface area (Å²) in [6.45, 7) is 0. The molecule has 0 aliphatic rings. The quantitative estimate of drug-likeness (QED) is 0.350. The van der Waals surface area contributed by atoms with E-state index in [4.69, 9.17) is 0 Å². The molecule has 0 radical (unpaired) electrons. The van der Waals surface area contributed by atoms with E-state index in [1.165, 1.54) is 12.8 Å². The molecule has 0 fully saturated rings. The molecule has 0 saturated carbocycles. The number of rotatable bonds is 11. The molecule has 2 nitrogen and oxygen atoms in total. The summed E-state index contributed by atoms with van der Waals surface area (Å²) in [5.41, 5.74) is 0. The largest absolute Gasteiger partial charge is 0.359 e. The maximum atomic E-state index is 11.1. The van der Waals surface area contributed by atoms with Gasteiger partial charge in [0.25, 0.3) is 0 Å². The highest BCUT2D eigenvalue weighted by Gasteiger charge is 1.96. The molecule has 1 amide bonds. The lowest BCUT2D eigenvalue weighted by Gasteiger charge is -1.99. The van der Waals surface area contributed by atoms with Gasteiger partial charge in [-0.25, -0.2) is 0 Å². The summed E-state index contributed by atoms with van der Waals surface area (Å²) >= 11 is 3.17. The molecule has 0 bridgehead atoms. The van der Waals surface area contributed by atoms with Gasteiger partial charge in [-0.2, -0.15) is 0 Å². The van der Waals surface area contributed by atoms with E-state index < -0.39 is 0 Å². The van der Waals surface area contributed by atoms with E-state index in [2.05, 4.69) is 62.8 Å². The highest BCUT2D eigenvalue weighted by atomic mass is 79.9. The van der Waals surface area contributed by atoms with Crippen LogP contribution in [0.3, 0.4) is 0 Å². The second kappa shape index (κ2) is 21.2. The molecule has 0 atom stereocenters. The topological polar surface area (TPSA) is 29.1 Å². The first-order valence-electron chi connectivity index (χ1n) is 9.39. The standard InChI is InChI=1S/C23H30BrNO/c1-25-23(26)21-19-17-15-13-11-9-7-5-3-2-4-6-8-10-12-14-16-18-20-22-24/h12,14,20,22H,4,6,8-11,13,15,17,19,21H2,1H3,(H,25,26)/b14-12+,22-20+. The Balaban J connectivity index is 3.44. The molecule has 0 aromatic heterocycles. The van der Waals surface area contributed by atoms with E-state index in [1.807, 2.05) is 6.08 Å². The number of carbonyl (C=O) groups is 1. The van der Waals surface area contributed by atoms with Gasteiger partial charge in [-0.05, 0) is 61.1 Å². The fourth-order valence-electron chi connectivity index (χ4n) is 2.11. The fraction of sp³-hybridized carbons (Fsp3) is 0.522. The molecule has 0 spiro atoms. The van der Waals surface area contributed by atoms with E-state index >= 15 is 0 Å². The van der Waals surface area contributed by atoms with Crippen molar-refractivity contribution in [1.29, 1.82) is 0 Å². The summed E-state index contributed by atoms with van der Waals surface area (Å²) in [7, 11) is 1.68. The van der Waals surface area contributed by atoms with Crippen LogP contribution in [-0.4, -0.2) is 13.0 Å². The summed E-state index contributed by atoms with van der Waals surface area (Å²) in [5, 5.41) is 2.64. The Morgan fingerprint density at radius 2 is 1.50 bits per heavy atom. The Morgan fingerprint density at radius 3 is 2.19 bits per heavy atom. The molecule has 0 aromatic carbocycles. The van der Waals surface area contributed by atoms with Crippen LogP contribution in [-0.2, 0) is 4.79 Å². The molecule has 0 rings (SSSR count). The predicted molar refractivity (Wildman–Crippen MR) is 115 cm³/mol. The Bertz CT molecular complexity index is 599. The van der Waals surface area contributed by atoms with Crippen molar-refractivity contribution >= 4 is 21.8 Å². The van der Waals surface area contributed by atoms with Crippen molar-refractivity contribution in [2.24, 2.45) is 0 Å². The zero-order chi connectivity index (χ0) is 19.1. The van der Waals surface area contributed by atoms with Gasteiger partial charge in [0.2, 0.25) is 5.91 Å². The molecule has 26 heavy (non-hydrogen) atoms. The highest BCUT2D eigenvalue weighted by Crippen LogP contribution is 2.06. The van der Waals surface area contributed by atoms with Crippen LogP contribution in [0.25, 0.3) is 0 Å². The second-order valence-electron chi connectivity index (χ2n) is 5.77. The van der Waals surface area contributed by atoms with E-state index in [0.717, 1.165) is 51.4 Å². The number of nitrogens with one attached hydrogen (secondary N) is 1. The van der Waals surface area contributed by atoms with Crippen LogP contribution in [0.1, 0.15) is 70.6 Å². The first kappa shape index (κ1) is 24.1. The van der Waals surface area contributed by atoms with Crippen LogP contribution in [0.4, 0.5) is 0 Å². The van der Waals surface area contributed by atoms with Gasteiger partial charge in [0.05, 0.1) is 0 Å². The van der Waals surface area contributed by atoms with Gasteiger partial charge < -0.3 is 5.32 Å². The number of halogens is 1. The molecule has 3 heteroatoms. The number of hydrogen-bond donors (Lipinski definition) is 1. The van der Waals surface area contributed by atoms with Crippen LogP contribution >= 0.6 is 15.9 Å². The van der Waals surface area contributed by atoms with Gasteiger partial charge in [-0.3, -0.25) is 4.79 Å². The Labute approximate surface area is 168 Å². The Kier molecular flexibility index (Phi) is 19.6. The van der Waals surface area contributed by atoms with Crippen molar-refractivity contribution in [2.75, 3.05) is 7.05 Å². The lowest BCUT2D eigenvalue weighted by molar-refractivity contribution is -0.120. The lowest BCUT2D eigenvalue weighted by Crippen LogP contribution is -2.16. The van der Waals surface area contributed by atoms with Crippen LogP contribution < -0.4 is 5.32 Å². The summed E-state index contributed by atoms with van der Waals surface area (Å²) in [5.74, 6) is 18.0. The fourth-order valence-corrected chi connectivity index (χ4v) is 2.25. The molecule has 0 aliphatic carbocycles. The van der Waals surface area contributed by atoms with Crippen molar-refractivity contribution in [3.05, 3.63) is 23.2 Å². The Morgan fingerprint density at radius 1 is 0.885 bits per heavy atom. The average molecular weight is 416 g/mol. The van der Waals surface area contributed by atoms with E-state index in [1.54, 1.807) is 18.1 Å². The molecule has 0 saturated heterocycles. The van der Waals surface area contributed by atoms with E-state index in [9.17, 15) is 4.79 Å². The first-order valence-corrected chi connectivity index (χ1v) is 10.3. The number of unbranched alkanes of at least 4 members (excludes halogenated alkanes) is 8. The van der Waals surface area contributed by atoms with E-state index in [0.29, 0.717) is 6.42 Å². The molecule has 0 heterocycles. The van der Waals surface area contributed by atoms with Crippen molar-refractivity contribution in [1.82, 2.24) is 5.32 Å². The summed E-state index contributed by atoms with van der Waals surface area (Å²) in [4.78, 5) is 12.8. The molecule has 0 unspecified atom stereocenters. The minimum absolute atomic E-state index is 0.138. The number of hydrogen-bond acceptors (Lipinski definition) is 1. The smallest absolute Gasteiger partial charge is 0.219 e. The second-order valence-corrected chi connectivity index (χ2v) is 6.30. The van der Waals surface area contributed by atoms with Crippen LogP contribution in [0, 0.1) is 35.5 Å². The monoisotopic (exact) mass is 415 g/mol. The third kappa shape index (κ3) is 20.2. The van der Waals surface area contributed by atoms with Gasteiger partial charge in [-0.15, -0.1) is 0 Å². The SMILES string of the molecule is CNC(=O)CCCCCCCC#CC#CCCCC/C=C/C#C/C=C/Br. The zero-order valence-corrected chi connectivity index (χ0v) is 17.5. The van der Waals surface area contributed by atoms with Gasteiger partial charge in [-0.1, -0.05) is 65.0 Å². The molecule has 0 aliphatic heterocycles. The maximum absolute atomic E-state index is 11.1. The van der Waals surface area contributed by atoms with Crippen LogP contribution in [0.5, 0.6) is 0 Å². The van der Waals surface area contributed by atoms with Crippen molar-refractivity contribution in [2.45, 2.75) is 70.6 Å². The third-order valence-electron chi connectivity index (χ3n) is 3.58. The summed E-state index contributed by atoms with van der Waals surface area (Å²) in [6.07, 6.45) is 17.1.